The third-order valence-corrected chi connectivity index (χ3v) is 3.22. The van der Waals surface area contributed by atoms with E-state index in [-0.39, 0.29) is 18.4 Å². The van der Waals surface area contributed by atoms with Gasteiger partial charge in [-0.15, -0.1) is 0 Å². The van der Waals surface area contributed by atoms with Gasteiger partial charge in [0.15, 0.2) is 0 Å². The first-order chi connectivity index (χ1) is 8.30. The van der Waals surface area contributed by atoms with Gasteiger partial charge >= 0.3 is 0 Å². The summed E-state index contributed by atoms with van der Waals surface area (Å²) in [5.41, 5.74) is -0.886. The average molecular weight is 256 g/mol. The lowest BCUT2D eigenvalue weighted by Crippen LogP contribution is -2.47. The van der Waals surface area contributed by atoms with Gasteiger partial charge in [0, 0.05) is 13.0 Å². The zero-order valence-corrected chi connectivity index (χ0v) is 11.5. The van der Waals surface area contributed by atoms with Crippen LogP contribution in [0.4, 0.5) is 0 Å². The Labute approximate surface area is 108 Å². The second-order valence-corrected chi connectivity index (χ2v) is 5.81. The van der Waals surface area contributed by atoms with Crippen molar-refractivity contribution in [3.8, 4) is 0 Å². The molecule has 1 fully saturated rings. The van der Waals surface area contributed by atoms with Crippen molar-refractivity contribution in [2.24, 2.45) is 5.92 Å². The van der Waals surface area contributed by atoms with Crippen molar-refractivity contribution in [2.75, 3.05) is 6.54 Å². The predicted molar refractivity (Wildman–Crippen MR) is 68.9 cm³/mol. The van der Waals surface area contributed by atoms with Crippen molar-refractivity contribution in [3.63, 3.8) is 0 Å². The minimum Gasteiger partial charge on any atom is -0.388 e. The van der Waals surface area contributed by atoms with E-state index in [1.54, 1.807) is 6.92 Å². The molecule has 1 aliphatic heterocycles. The zero-order chi connectivity index (χ0) is 13.8. The molecule has 0 aromatic carbocycles. The number of carbonyl (C=O) groups is 2. The molecule has 5 nitrogen and oxygen atoms in total. The molecular formula is C13H24N2O3. The highest BCUT2D eigenvalue weighted by Crippen LogP contribution is 2.15. The molecule has 0 spiro atoms. The second-order valence-electron chi connectivity index (χ2n) is 5.81. The van der Waals surface area contributed by atoms with Gasteiger partial charge in [-0.3, -0.25) is 9.59 Å². The standard InChI is InChI=1S/C13H24N2O3/c1-9(2)6-7-13(3,18)8-14-12(17)10-4-5-11(16)15-10/h9-10,18H,4-8H2,1-3H3,(H,14,17)(H,15,16). The smallest absolute Gasteiger partial charge is 0.242 e. The van der Waals surface area contributed by atoms with Crippen LogP contribution in [-0.4, -0.2) is 35.1 Å². The van der Waals surface area contributed by atoms with Crippen molar-refractivity contribution < 1.29 is 14.7 Å². The fraction of sp³-hybridized carbons (Fsp3) is 0.846. The molecule has 2 amide bonds. The van der Waals surface area contributed by atoms with Gasteiger partial charge in [-0.1, -0.05) is 13.8 Å². The van der Waals surface area contributed by atoms with Crippen molar-refractivity contribution >= 4 is 11.8 Å². The highest BCUT2D eigenvalue weighted by atomic mass is 16.3. The van der Waals surface area contributed by atoms with Gasteiger partial charge in [-0.2, -0.15) is 0 Å². The summed E-state index contributed by atoms with van der Waals surface area (Å²) in [5.74, 6) is 0.244. The van der Waals surface area contributed by atoms with E-state index < -0.39 is 11.6 Å². The number of hydrogen-bond donors (Lipinski definition) is 3. The van der Waals surface area contributed by atoms with Crippen LogP contribution in [0.2, 0.25) is 0 Å². The van der Waals surface area contributed by atoms with E-state index in [4.69, 9.17) is 0 Å². The lowest BCUT2D eigenvalue weighted by atomic mass is 9.95. The highest BCUT2D eigenvalue weighted by molar-refractivity contribution is 5.90. The van der Waals surface area contributed by atoms with Gasteiger partial charge in [-0.25, -0.2) is 0 Å². The number of rotatable bonds is 6. The molecule has 0 aromatic rings. The van der Waals surface area contributed by atoms with E-state index in [2.05, 4.69) is 24.5 Å². The van der Waals surface area contributed by atoms with Crippen LogP contribution in [0, 0.1) is 5.92 Å². The molecule has 104 valence electrons. The zero-order valence-electron chi connectivity index (χ0n) is 11.5. The van der Waals surface area contributed by atoms with Gasteiger partial charge < -0.3 is 15.7 Å². The molecule has 0 bridgehead atoms. The third-order valence-electron chi connectivity index (χ3n) is 3.22. The molecule has 0 radical (unpaired) electrons. The van der Waals surface area contributed by atoms with Crippen molar-refractivity contribution in [1.29, 1.82) is 0 Å². The Balaban J connectivity index is 2.30. The minimum atomic E-state index is -0.886. The second kappa shape index (κ2) is 6.18. The van der Waals surface area contributed by atoms with Crippen LogP contribution in [0.5, 0.6) is 0 Å². The first-order valence-corrected chi connectivity index (χ1v) is 6.59. The number of nitrogens with one attached hydrogen (secondary N) is 2. The topological polar surface area (TPSA) is 78.4 Å². The summed E-state index contributed by atoms with van der Waals surface area (Å²) in [7, 11) is 0. The molecule has 1 rings (SSSR count). The van der Waals surface area contributed by atoms with Crippen LogP contribution >= 0.6 is 0 Å². The molecular weight excluding hydrogens is 232 g/mol. The Bertz CT molecular complexity index is 313. The van der Waals surface area contributed by atoms with Crippen molar-refractivity contribution in [2.45, 2.75) is 58.1 Å². The number of amides is 2. The van der Waals surface area contributed by atoms with Crippen LogP contribution < -0.4 is 10.6 Å². The van der Waals surface area contributed by atoms with Gasteiger partial charge in [0.05, 0.1) is 5.60 Å². The molecule has 1 heterocycles. The number of carbonyl (C=O) groups excluding carboxylic acids is 2. The first-order valence-electron chi connectivity index (χ1n) is 6.59. The molecule has 0 saturated carbocycles. The van der Waals surface area contributed by atoms with E-state index in [0.717, 1.165) is 6.42 Å². The summed E-state index contributed by atoms with van der Waals surface area (Å²) in [6, 6.07) is -0.432. The van der Waals surface area contributed by atoms with Gasteiger partial charge in [0.25, 0.3) is 0 Å². The molecule has 2 atom stereocenters. The maximum absolute atomic E-state index is 11.7. The maximum Gasteiger partial charge on any atom is 0.242 e. The van der Waals surface area contributed by atoms with E-state index in [1.807, 2.05) is 0 Å². The van der Waals surface area contributed by atoms with E-state index in [0.29, 0.717) is 25.2 Å². The van der Waals surface area contributed by atoms with E-state index in [9.17, 15) is 14.7 Å². The first kappa shape index (κ1) is 15.0. The summed E-state index contributed by atoms with van der Waals surface area (Å²) < 4.78 is 0. The number of aliphatic hydroxyl groups is 1. The van der Waals surface area contributed by atoms with E-state index in [1.165, 1.54) is 0 Å². The fourth-order valence-corrected chi connectivity index (χ4v) is 1.90. The molecule has 0 aromatic heterocycles. The van der Waals surface area contributed by atoms with Gasteiger partial charge in [-0.05, 0) is 32.1 Å². The Hall–Kier alpha value is -1.10. The fourth-order valence-electron chi connectivity index (χ4n) is 1.90. The summed E-state index contributed by atoms with van der Waals surface area (Å²) in [6.45, 7) is 6.15. The maximum atomic E-state index is 11.7. The minimum absolute atomic E-state index is 0.0817. The van der Waals surface area contributed by atoms with Gasteiger partial charge in [0.2, 0.25) is 11.8 Å². The Morgan fingerprint density at radius 1 is 1.61 bits per heavy atom. The van der Waals surface area contributed by atoms with Crippen molar-refractivity contribution in [3.05, 3.63) is 0 Å². The summed E-state index contributed by atoms with van der Waals surface area (Å²) in [4.78, 5) is 22.7. The Morgan fingerprint density at radius 3 is 2.78 bits per heavy atom. The summed E-state index contributed by atoms with van der Waals surface area (Å²) in [5, 5.41) is 15.4. The van der Waals surface area contributed by atoms with E-state index >= 15 is 0 Å². The largest absolute Gasteiger partial charge is 0.388 e. The molecule has 1 aliphatic rings. The Morgan fingerprint density at radius 2 is 2.28 bits per heavy atom. The molecule has 1 saturated heterocycles. The lowest BCUT2D eigenvalue weighted by Gasteiger charge is -2.25. The third kappa shape index (κ3) is 5.04. The van der Waals surface area contributed by atoms with Crippen molar-refractivity contribution in [1.82, 2.24) is 10.6 Å². The molecule has 3 N–H and O–H groups in total. The van der Waals surface area contributed by atoms with Crippen LogP contribution in [0.3, 0.4) is 0 Å². The van der Waals surface area contributed by atoms with Crippen LogP contribution in [0.15, 0.2) is 0 Å². The molecule has 5 heteroatoms. The van der Waals surface area contributed by atoms with Crippen LogP contribution in [0.1, 0.15) is 46.5 Å². The summed E-state index contributed by atoms with van der Waals surface area (Å²) >= 11 is 0. The molecule has 18 heavy (non-hydrogen) atoms. The monoisotopic (exact) mass is 256 g/mol. The predicted octanol–water partition coefficient (Wildman–Crippen LogP) is 0.568. The lowest BCUT2D eigenvalue weighted by molar-refractivity contribution is -0.126. The van der Waals surface area contributed by atoms with Crippen LogP contribution in [0.25, 0.3) is 0 Å². The summed E-state index contributed by atoms with van der Waals surface area (Å²) in [6.07, 6.45) is 2.52. The van der Waals surface area contributed by atoms with Gasteiger partial charge in [0.1, 0.15) is 6.04 Å². The highest BCUT2D eigenvalue weighted by Gasteiger charge is 2.29. The average Bonchev–Trinajstić information content (AvgIpc) is 2.70. The molecule has 2 unspecified atom stereocenters. The van der Waals surface area contributed by atoms with Crippen LogP contribution in [-0.2, 0) is 9.59 Å². The Kier molecular flexibility index (Phi) is 5.14. The molecule has 0 aliphatic carbocycles. The number of hydrogen-bond acceptors (Lipinski definition) is 3. The normalized spacial score (nSPS) is 22.7. The SMILES string of the molecule is CC(C)CCC(C)(O)CNC(=O)C1CCC(=O)N1. The quantitative estimate of drug-likeness (QED) is 0.650.